The quantitative estimate of drug-likeness (QED) is 0.626. The zero-order chi connectivity index (χ0) is 18.9. The topological polar surface area (TPSA) is 52.8 Å². The van der Waals surface area contributed by atoms with Gasteiger partial charge in [-0.3, -0.25) is 0 Å². The second-order valence-corrected chi connectivity index (χ2v) is 6.03. The Balaban J connectivity index is 1.72. The third-order valence-corrected chi connectivity index (χ3v) is 4.02. The zero-order valence-electron chi connectivity index (χ0n) is 13.9. The van der Waals surface area contributed by atoms with Crippen LogP contribution in [0, 0.1) is 6.92 Å². The molecule has 0 bridgehead atoms. The van der Waals surface area contributed by atoms with Gasteiger partial charge < -0.3 is 9.30 Å². The van der Waals surface area contributed by atoms with Gasteiger partial charge in [0.2, 0.25) is 0 Å². The van der Waals surface area contributed by atoms with Gasteiger partial charge in [-0.1, -0.05) is 35.9 Å². The summed E-state index contributed by atoms with van der Waals surface area (Å²) in [6.07, 6.45) is -1.95. The molecule has 0 saturated carbocycles. The lowest BCUT2D eigenvalue weighted by Gasteiger charge is -2.07. The molecule has 0 N–H and O–H groups in total. The minimum absolute atomic E-state index is 0.156. The van der Waals surface area contributed by atoms with E-state index in [1.165, 1.54) is 11.6 Å². The molecule has 3 aromatic rings. The minimum atomic E-state index is -4.47. The van der Waals surface area contributed by atoms with E-state index in [0.717, 1.165) is 17.3 Å². The lowest BCUT2D eigenvalue weighted by Crippen LogP contribution is -2.04. The van der Waals surface area contributed by atoms with Gasteiger partial charge in [0, 0.05) is 30.6 Å². The van der Waals surface area contributed by atoms with Crippen molar-refractivity contribution in [3.05, 3.63) is 58.6 Å². The Labute approximate surface area is 152 Å². The first kappa shape index (κ1) is 18.2. The predicted octanol–water partition coefficient (Wildman–Crippen LogP) is 4.44. The highest BCUT2D eigenvalue weighted by molar-refractivity contribution is 6.30. The average molecular weight is 383 g/mol. The van der Waals surface area contributed by atoms with Gasteiger partial charge in [-0.05, 0) is 12.5 Å². The van der Waals surface area contributed by atoms with Crippen molar-refractivity contribution < 1.29 is 17.9 Å². The largest absolute Gasteiger partial charge is 0.459 e. The smallest absolute Gasteiger partial charge is 0.434 e. The molecule has 5 nitrogen and oxygen atoms in total. The SMILES string of the molecule is Cc1cnc(OCc2ccc(-c3nc(C(F)(F)F)cn3C)cc2)nc1Cl. The number of alkyl halides is 3. The van der Waals surface area contributed by atoms with Gasteiger partial charge >= 0.3 is 12.2 Å². The summed E-state index contributed by atoms with van der Waals surface area (Å²) in [5.74, 6) is 0.235. The Morgan fingerprint density at radius 3 is 2.42 bits per heavy atom. The molecule has 0 fully saturated rings. The van der Waals surface area contributed by atoms with E-state index in [9.17, 15) is 13.2 Å². The number of halogens is 4. The number of hydrogen-bond donors (Lipinski definition) is 0. The molecule has 2 heterocycles. The summed E-state index contributed by atoms with van der Waals surface area (Å²) in [5, 5.41) is 0.320. The molecule has 9 heteroatoms. The van der Waals surface area contributed by atoms with Crippen molar-refractivity contribution in [2.45, 2.75) is 19.7 Å². The molecular formula is C17H14ClF3N4O. The second-order valence-electron chi connectivity index (χ2n) is 5.67. The first-order valence-electron chi connectivity index (χ1n) is 7.56. The molecule has 0 spiro atoms. The van der Waals surface area contributed by atoms with Crippen LogP contribution in [-0.4, -0.2) is 19.5 Å². The predicted molar refractivity (Wildman–Crippen MR) is 89.8 cm³/mol. The Kier molecular flexibility index (Phi) is 4.86. The van der Waals surface area contributed by atoms with Crippen molar-refractivity contribution in [1.29, 1.82) is 0 Å². The number of nitrogens with zero attached hydrogens (tertiary/aromatic N) is 4. The number of aromatic nitrogens is 4. The number of hydrogen-bond acceptors (Lipinski definition) is 4. The van der Waals surface area contributed by atoms with E-state index in [0.29, 0.717) is 10.7 Å². The van der Waals surface area contributed by atoms with Crippen LogP contribution in [0.25, 0.3) is 11.4 Å². The van der Waals surface area contributed by atoms with Crippen LogP contribution in [-0.2, 0) is 19.8 Å². The molecular weight excluding hydrogens is 369 g/mol. The fourth-order valence-electron chi connectivity index (χ4n) is 2.24. The first-order chi connectivity index (χ1) is 12.2. The summed E-state index contributed by atoms with van der Waals surface area (Å²) in [5.41, 5.74) is 1.20. The summed E-state index contributed by atoms with van der Waals surface area (Å²) >= 11 is 5.91. The Morgan fingerprint density at radius 1 is 1.15 bits per heavy atom. The van der Waals surface area contributed by atoms with E-state index in [-0.39, 0.29) is 18.4 Å². The molecule has 26 heavy (non-hydrogen) atoms. The molecule has 0 saturated heterocycles. The van der Waals surface area contributed by atoms with Crippen LogP contribution in [0.1, 0.15) is 16.8 Å². The monoisotopic (exact) mass is 382 g/mol. The van der Waals surface area contributed by atoms with E-state index in [4.69, 9.17) is 16.3 Å². The fraction of sp³-hybridized carbons (Fsp3) is 0.235. The van der Waals surface area contributed by atoms with Crippen LogP contribution in [0.3, 0.4) is 0 Å². The highest BCUT2D eigenvalue weighted by atomic mass is 35.5. The number of aryl methyl sites for hydroxylation is 2. The van der Waals surface area contributed by atoms with E-state index >= 15 is 0 Å². The van der Waals surface area contributed by atoms with Gasteiger partial charge in [-0.25, -0.2) is 9.97 Å². The molecule has 0 radical (unpaired) electrons. The number of ether oxygens (including phenoxy) is 1. The van der Waals surface area contributed by atoms with Crippen LogP contribution in [0.4, 0.5) is 13.2 Å². The molecule has 0 amide bonds. The van der Waals surface area contributed by atoms with Crippen molar-refractivity contribution in [3.63, 3.8) is 0 Å². The standard InChI is InChI=1S/C17H14ClF3N4O/c1-10-7-22-16(24-14(10)18)26-9-11-3-5-12(6-4-11)15-23-13(8-25(15)2)17(19,20)21/h3-8H,9H2,1-2H3. The van der Waals surface area contributed by atoms with E-state index in [1.807, 2.05) is 0 Å². The van der Waals surface area contributed by atoms with Crippen LogP contribution >= 0.6 is 11.6 Å². The fourth-order valence-corrected chi connectivity index (χ4v) is 2.37. The first-order valence-corrected chi connectivity index (χ1v) is 7.93. The Morgan fingerprint density at radius 2 is 1.85 bits per heavy atom. The third kappa shape index (κ3) is 3.96. The van der Waals surface area contributed by atoms with Gasteiger partial charge in [-0.2, -0.15) is 18.2 Å². The summed E-state index contributed by atoms with van der Waals surface area (Å²) < 4.78 is 45.1. The number of imidazole rings is 1. The molecule has 0 aliphatic carbocycles. The summed E-state index contributed by atoms with van der Waals surface area (Å²) in [4.78, 5) is 11.7. The van der Waals surface area contributed by atoms with E-state index in [1.54, 1.807) is 37.4 Å². The van der Waals surface area contributed by atoms with Crippen LogP contribution < -0.4 is 4.74 Å². The van der Waals surface area contributed by atoms with Gasteiger partial charge in [0.05, 0.1) is 0 Å². The second kappa shape index (κ2) is 6.95. The van der Waals surface area contributed by atoms with Gasteiger partial charge in [0.15, 0.2) is 5.69 Å². The molecule has 0 aliphatic rings. The lowest BCUT2D eigenvalue weighted by atomic mass is 10.1. The molecule has 3 rings (SSSR count). The van der Waals surface area contributed by atoms with Gasteiger partial charge in [0.1, 0.15) is 17.6 Å². The maximum absolute atomic E-state index is 12.8. The number of benzene rings is 1. The van der Waals surface area contributed by atoms with Crippen LogP contribution in [0.5, 0.6) is 6.01 Å². The third-order valence-electron chi connectivity index (χ3n) is 3.63. The normalized spacial score (nSPS) is 11.6. The summed E-state index contributed by atoms with van der Waals surface area (Å²) in [6, 6.07) is 7.01. The lowest BCUT2D eigenvalue weighted by molar-refractivity contribution is -0.140. The van der Waals surface area contributed by atoms with Crippen molar-refractivity contribution >= 4 is 11.6 Å². The van der Waals surface area contributed by atoms with Crippen molar-refractivity contribution in [1.82, 2.24) is 19.5 Å². The minimum Gasteiger partial charge on any atom is -0.459 e. The van der Waals surface area contributed by atoms with Gasteiger partial charge in [0.25, 0.3) is 0 Å². The van der Waals surface area contributed by atoms with Crippen LogP contribution in [0.2, 0.25) is 5.15 Å². The Bertz CT molecular complexity index is 923. The zero-order valence-corrected chi connectivity index (χ0v) is 14.6. The summed E-state index contributed by atoms with van der Waals surface area (Å²) in [7, 11) is 1.52. The highest BCUT2D eigenvalue weighted by Gasteiger charge is 2.34. The van der Waals surface area contributed by atoms with Gasteiger partial charge in [-0.15, -0.1) is 0 Å². The maximum Gasteiger partial charge on any atom is 0.434 e. The molecule has 1 aromatic carbocycles. The number of rotatable bonds is 4. The summed E-state index contributed by atoms with van der Waals surface area (Å²) in [6.45, 7) is 1.99. The van der Waals surface area contributed by atoms with E-state index in [2.05, 4.69) is 15.0 Å². The Hall–Kier alpha value is -2.61. The average Bonchev–Trinajstić information content (AvgIpc) is 2.99. The molecule has 0 atom stereocenters. The van der Waals surface area contributed by atoms with Crippen molar-refractivity contribution in [2.24, 2.45) is 7.05 Å². The van der Waals surface area contributed by atoms with E-state index < -0.39 is 11.9 Å². The van der Waals surface area contributed by atoms with Crippen LogP contribution in [0.15, 0.2) is 36.7 Å². The van der Waals surface area contributed by atoms with Crippen molar-refractivity contribution in [2.75, 3.05) is 0 Å². The molecule has 0 aliphatic heterocycles. The molecule has 0 unspecified atom stereocenters. The molecule has 136 valence electrons. The highest BCUT2D eigenvalue weighted by Crippen LogP contribution is 2.30. The van der Waals surface area contributed by atoms with Crippen molar-refractivity contribution in [3.8, 4) is 17.4 Å². The maximum atomic E-state index is 12.8. The molecule has 2 aromatic heterocycles.